The molecule has 0 saturated heterocycles. The lowest BCUT2D eigenvalue weighted by molar-refractivity contribution is -0.143. The standard InChI is InChI=1S/C10H10N2O4/c1-2-15-8(13)6-12-9-7(16-10(12)14)4-3-5-11-9/h3-5H,2,6H2,1H3. The van der Waals surface area contributed by atoms with Gasteiger partial charge in [-0.25, -0.2) is 14.3 Å². The summed E-state index contributed by atoms with van der Waals surface area (Å²) in [6.07, 6.45) is 1.53. The lowest BCUT2D eigenvalue weighted by atomic mass is 10.4. The van der Waals surface area contributed by atoms with Gasteiger partial charge in [0.2, 0.25) is 0 Å². The monoisotopic (exact) mass is 222 g/mol. The van der Waals surface area contributed by atoms with Crippen LogP contribution in [0.2, 0.25) is 0 Å². The Balaban J connectivity index is 2.40. The number of aromatic nitrogens is 2. The Morgan fingerprint density at radius 3 is 3.19 bits per heavy atom. The predicted octanol–water partition coefficient (Wildman–Crippen LogP) is 0.553. The van der Waals surface area contributed by atoms with Crippen LogP contribution in [0.5, 0.6) is 0 Å². The lowest BCUT2D eigenvalue weighted by Gasteiger charge is -2.01. The van der Waals surface area contributed by atoms with Crippen LogP contribution in [0.25, 0.3) is 11.2 Å². The zero-order valence-corrected chi connectivity index (χ0v) is 8.67. The van der Waals surface area contributed by atoms with E-state index in [-0.39, 0.29) is 13.2 Å². The van der Waals surface area contributed by atoms with E-state index in [2.05, 4.69) is 4.98 Å². The number of ether oxygens (including phenoxy) is 1. The molecule has 6 nitrogen and oxygen atoms in total. The van der Waals surface area contributed by atoms with Gasteiger partial charge in [-0.2, -0.15) is 0 Å². The Labute approximate surface area is 90.5 Å². The molecule has 16 heavy (non-hydrogen) atoms. The van der Waals surface area contributed by atoms with E-state index in [0.29, 0.717) is 11.2 Å². The van der Waals surface area contributed by atoms with Crippen molar-refractivity contribution in [3.63, 3.8) is 0 Å². The molecule has 84 valence electrons. The molecule has 0 spiro atoms. The highest BCUT2D eigenvalue weighted by atomic mass is 16.5. The van der Waals surface area contributed by atoms with Crippen molar-refractivity contribution < 1.29 is 13.9 Å². The molecule has 0 amide bonds. The molecule has 0 fully saturated rings. The summed E-state index contributed by atoms with van der Waals surface area (Å²) in [6, 6.07) is 3.27. The molecule has 0 unspecified atom stereocenters. The van der Waals surface area contributed by atoms with Gasteiger partial charge >= 0.3 is 11.7 Å². The molecular weight excluding hydrogens is 212 g/mol. The Bertz CT molecular complexity index is 569. The summed E-state index contributed by atoms with van der Waals surface area (Å²) in [6.45, 7) is 1.79. The van der Waals surface area contributed by atoms with Gasteiger partial charge < -0.3 is 9.15 Å². The Hall–Kier alpha value is -2.11. The Kier molecular flexibility index (Phi) is 2.72. The molecule has 2 rings (SSSR count). The van der Waals surface area contributed by atoms with E-state index in [1.54, 1.807) is 19.1 Å². The van der Waals surface area contributed by atoms with Gasteiger partial charge in [-0.15, -0.1) is 0 Å². The molecule has 0 aliphatic carbocycles. The van der Waals surface area contributed by atoms with E-state index < -0.39 is 11.7 Å². The smallest absolute Gasteiger partial charge is 0.421 e. The molecular formula is C10H10N2O4. The second kappa shape index (κ2) is 4.18. The molecule has 6 heteroatoms. The summed E-state index contributed by atoms with van der Waals surface area (Å²) in [5.74, 6) is -1.10. The number of esters is 1. The van der Waals surface area contributed by atoms with Gasteiger partial charge in [0, 0.05) is 6.20 Å². The van der Waals surface area contributed by atoms with Gasteiger partial charge in [-0.3, -0.25) is 4.79 Å². The van der Waals surface area contributed by atoms with Crippen LogP contribution in [0, 0.1) is 0 Å². The zero-order chi connectivity index (χ0) is 11.5. The van der Waals surface area contributed by atoms with Gasteiger partial charge in [0.05, 0.1) is 6.61 Å². The second-order valence-corrected chi connectivity index (χ2v) is 3.08. The minimum absolute atomic E-state index is 0.184. The van der Waals surface area contributed by atoms with Crippen LogP contribution >= 0.6 is 0 Å². The third kappa shape index (κ3) is 1.81. The molecule has 0 aliphatic heterocycles. The van der Waals surface area contributed by atoms with Crippen LogP contribution in [0.1, 0.15) is 6.92 Å². The summed E-state index contributed by atoms with van der Waals surface area (Å²) < 4.78 is 10.8. The van der Waals surface area contributed by atoms with Crippen molar-refractivity contribution in [1.82, 2.24) is 9.55 Å². The van der Waals surface area contributed by atoms with Crippen LogP contribution in [-0.4, -0.2) is 22.1 Å². The molecule has 0 saturated carbocycles. The van der Waals surface area contributed by atoms with Crippen LogP contribution in [0.4, 0.5) is 0 Å². The summed E-state index contributed by atoms with van der Waals surface area (Å²) in [5.41, 5.74) is 0.706. The maximum absolute atomic E-state index is 11.4. The number of hydrogen-bond acceptors (Lipinski definition) is 5. The van der Waals surface area contributed by atoms with Crippen molar-refractivity contribution in [1.29, 1.82) is 0 Å². The van der Waals surface area contributed by atoms with Crippen molar-refractivity contribution in [3.05, 3.63) is 28.9 Å². The number of carbonyl (C=O) groups is 1. The SMILES string of the molecule is CCOC(=O)Cn1c(=O)oc2cccnc21. The summed E-state index contributed by atoms with van der Waals surface area (Å²) in [4.78, 5) is 26.7. The van der Waals surface area contributed by atoms with Crippen molar-refractivity contribution in [3.8, 4) is 0 Å². The van der Waals surface area contributed by atoms with Crippen LogP contribution in [0.3, 0.4) is 0 Å². The van der Waals surface area contributed by atoms with E-state index in [1.807, 2.05) is 0 Å². The largest absolute Gasteiger partial charge is 0.465 e. The van der Waals surface area contributed by atoms with Crippen LogP contribution in [-0.2, 0) is 16.1 Å². The summed E-state index contributed by atoms with van der Waals surface area (Å²) in [5, 5.41) is 0. The average molecular weight is 222 g/mol. The van der Waals surface area contributed by atoms with Gasteiger partial charge in [0.1, 0.15) is 6.54 Å². The first-order valence-electron chi connectivity index (χ1n) is 4.82. The molecule has 0 N–H and O–H groups in total. The zero-order valence-electron chi connectivity index (χ0n) is 8.67. The maximum atomic E-state index is 11.4. The number of fused-ring (bicyclic) bond motifs is 1. The molecule has 0 aliphatic rings. The fraction of sp³-hybridized carbons (Fsp3) is 0.300. The molecule has 0 bridgehead atoms. The molecule has 0 atom stereocenters. The maximum Gasteiger partial charge on any atom is 0.421 e. The van der Waals surface area contributed by atoms with E-state index >= 15 is 0 Å². The van der Waals surface area contributed by atoms with Gasteiger partial charge in [-0.1, -0.05) is 0 Å². The minimum atomic E-state index is -0.609. The van der Waals surface area contributed by atoms with Gasteiger partial charge in [0.25, 0.3) is 0 Å². The topological polar surface area (TPSA) is 74.3 Å². The number of hydrogen-bond donors (Lipinski definition) is 0. The van der Waals surface area contributed by atoms with Crippen LogP contribution in [0.15, 0.2) is 27.5 Å². The molecule has 2 aromatic heterocycles. The number of nitrogens with zero attached hydrogens (tertiary/aromatic N) is 2. The highest BCUT2D eigenvalue weighted by molar-refractivity contribution is 5.73. The number of rotatable bonds is 3. The molecule has 0 radical (unpaired) electrons. The molecule has 2 heterocycles. The number of oxazole rings is 1. The average Bonchev–Trinajstić information content (AvgIpc) is 2.56. The van der Waals surface area contributed by atoms with E-state index in [0.717, 1.165) is 4.57 Å². The summed E-state index contributed by atoms with van der Waals surface area (Å²) in [7, 11) is 0. The highest BCUT2D eigenvalue weighted by Gasteiger charge is 2.13. The highest BCUT2D eigenvalue weighted by Crippen LogP contribution is 2.08. The predicted molar refractivity (Wildman–Crippen MR) is 54.9 cm³/mol. The van der Waals surface area contributed by atoms with Gasteiger partial charge in [-0.05, 0) is 19.1 Å². The van der Waals surface area contributed by atoms with E-state index in [1.165, 1.54) is 6.20 Å². The number of pyridine rings is 1. The first-order chi connectivity index (χ1) is 7.72. The van der Waals surface area contributed by atoms with Gasteiger partial charge in [0.15, 0.2) is 11.2 Å². The summed E-state index contributed by atoms with van der Waals surface area (Å²) >= 11 is 0. The quantitative estimate of drug-likeness (QED) is 0.709. The van der Waals surface area contributed by atoms with Crippen molar-refractivity contribution in [2.75, 3.05) is 6.61 Å². The third-order valence-electron chi connectivity index (χ3n) is 2.02. The van der Waals surface area contributed by atoms with Crippen molar-refractivity contribution in [2.24, 2.45) is 0 Å². The third-order valence-corrected chi connectivity index (χ3v) is 2.02. The normalized spacial score (nSPS) is 10.6. The van der Waals surface area contributed by atoms with E-state index in [4.69, 9.17) is 9.15 Å². The van der Waals surface area contributed by atoms with Crippen LogP contribution < -0.4 is 5.76 Å². The Morgan fingerprint density at radius 2 is 2.44 bits per heavy atom. The Morgan fingerprint density at radius 1 is 1.62 bits per heavy atom. The lowest BCUT2D eigenvalue weighted by Crippen LogP contribution is -2.21. The molecule has 0 aromatic carbocycles. The first kappa shape index (κ1) is 10.4. The van der Waals surface area contributed by atoms with E-state index in [9.17, 15) is 9.59 Å². The fourth-order valence-corrected chi connectivity index (χ4v) is 1.38. The van der Waals surface area contributed by atoms with Crippen molar-refractivity contribution >= 4 is 17.2 Å². The molecule has 2 aromatic rings. The second-order valence-electron chi connectivity index (χ2n) is 3.08. The minimum Gasteiger partial charge on any atom is -0.465 e. The number of carbonyl (C=O) groups excluding carboxylic acids is 1. The van der Waals surface area contributed by atoms with Crippen molar-refractivity contribution in [2.45, 2.75) is 13.5 Å². The first-order valence-corrected chi connectivity index (χ1v) is 4.82. The fourth-order valence-electron chi connectivity index (χ4n) is 1.38.